The maximum atomic E-state index is 9.94. The molecule has 2 nitrogen and oxygen atoms in total. The Kier molecular flexibility index (Phi) is 3.48. The first-order valence-corrected chi connectivity index (χ1v) is 7.65. The molecule has 0 radical (unpaired) electrons. The van der Waals surface area contributed by atoms with Crippen molar-refractivity contribution in [3.05, 3.63) is 28.3 Å². The summed E-state index contributed by atoms with van der Waals surface area (Å²) in [5, 5.41) is 10.4. The van der Waals surface area contributed by atoms with Crippen molar-refractivity contribution in [3.63, 3.8) is 0 Å². The van der Waals surface area contributed by atoms with E-state index in [1.807, 2.05) is 12.1 Å². The maximum absolute atomic E-state index is 9.94. The molecule has 1 aliphatic carbocycles. The molecule has 0 spiro atoms. The number of rotatable bonds is 0. The molecule has 1 saturated carbocycles. The first kappa shape index (κ1) is 13.3. The average molecular weight is 280 g/mol. The molecule has 0 amide bonds. The van der Waals surface area contributed by atoms with Crippen LogP contribution in [-0.2, 0) is 6.42 Å². The van der Waals surface area contributed by atoms with Crippen LogP contribution in [-0.4, -0.2) is 29.6 Å². The fourth-order valence-electron chi connectivity index (χ4n) is 3.87. The van der Waals surface area contributed by atoms with Gasteiger partial charge in [-0.1, -0.05) is 18.5 Å². The Bertz CT molecular complexity index is 488. The Hall–Kier alpha value is -0.730. The quantitative estimate of drug-likeness (QED) is 0.781. The topological polar surface area (TPSA) is 23.5 Å². The van der Waals surface area contributed by atoms with Crippen LogP contribution in [0.4, 0.5) is 0 Å². The fourth-order valence-corrected chi connectivity index (χ4v) is 4.06. The largest absolute Gasteiger partial charge is 0.506 e. The van der Waals surface area contributed by atoms with Gasteiger partial charge in [0.15, 0.2) is 0 Å². The minimum Gasteiger partial charge on any atom is -0.506 e. The number of hydrogen-bond donors (Lipinski definition) is 1. The summed E-state index contributed by atoms with van der Waals surface area (Å²) in [6.45, 7) is 3.43. The second kappa shape index (κ2) is 4.99. The summed E-state index contributed by atoms with van der Waals surface area (Å²) in [7, 11) is 2.24. The molecule has 3 atom stereocenters. The van der Waals surface area contributed by atoms with E-state index in [1.54, 1.807) is 0 Å². The molecule has 0 aromatic heterocycles. The normalized spacial score (nSPS) is 31.4. The second-order valence-electron chi connectivity index (χ2n) is 6.33. The Morgan fingerprint density at radius 2 is 2.11 bits per heavy atom. The van der Waals surface area contributed by atoms with Gasteiger partial charge in [-0.05, 0) is 61.9 Å². The molecule has 3 heteroatoms. The summed E-state index contributed by atoms with van der Waals surface area (Å²) in [6.07, 6.45) is 4.85. The van der Waals surface area contributed by atoms with Gasteiger partial charge in [0.25, 0.3) is 0 Å². The SMILES string of the molecule is CC1CCC2C(C1)c1cc(O)c(Cl)cc1CCN2C. The van der Waals surface area contributed by atoms with Crippen LogP contribution in [0.25, 0.3) is 0 Å². The van der Waals surface area contributed by atoms with Gasteiger partial charge in [-0.15, -0.1) is 0 Å². The molecular weight excluding hydrogens is 258 g/mol. The highest BCUT2D eigenvalue weighted by Gasteiger charge is 2.35. The number of aromatic hydroxyl groups is 1. The number of likely N-dealkylation sites (N-methyl/N-ethyl adjacent to an activating group) is 1. The number of benzene rings is 1. The van der Waals surface area contributed by atoms with E-state index in [-0.39, 0.29) is 5.75 Å². The monoisotopic (exact) mass is 279 g/mol. The van der Waals surface area contributed by atoms with Gasteiger partial charge < -0.3 is 10.0 Å². The second-order valence-corrected chi connectivity index (χ2v) is 6.73. The van der Waals surface area contributed by atoms with Crippen molar-refractivity contribution in [1.29, 1.82) is 0 Å². The van der Waals surface area contributed by atoms with Crippen molar-refractivity contribution in [1.82, 2.24) is 4.90 Å². The molecule has 104 valence electrons. The summed E-state index contributed by atoms with van der Waals surface area (Å²) in [4.78, 5) is 2.50. The average Bonchev–Trinajstić information content (AvgIpc) is 2.50. The molecule has 1 fully saturated rings. The Morgan fingerprint density at radius 3 is 2.89 bits per heavy atom. The van der Waals surface area contributed by atoms with Crippen LogP contribution in [0.15, 0.2) is 12.1 Å². The highest BCUT2D eigenvalue weighted by atomic mass is 35.5. The number of fused-ring (bicyclic) bond motifs is 3. The molecule has 0 bridgehead atoms. The van der Waals surface area contributed by atoms with E-state index in [0.29, 0.717) is 17.0 Å². The molecule has 1 aliphatic heterocycles. The van der Waals surface area contributed by atoms with Crippen LogP contribution in [0, 0.1) is 5.92 Å². The number of hydrogen-bond acceptors (Lipinski definition) is 2. The molecule has 1 N–H and O–H groups in total. The summed E-state index contributed by atoms with van der Waals surface area (Å²) >= 11 is 6.08. The number of halogens is 1. The Morgan fingerprint density at radius 1 is 1.32 bits per heavy atom. The third-order valence-corrected chi connectivity index (χ3v) is 5.29. The zero-order chi connectivity index (χ0) is 13.6. The van der Waals surface area contributed by atoms with E-state index in [9.17, 15) is 5.11 Å². The van der Waals surface area contributed by atoms with Crippen LogP contribution in [0.2, 0.25) is 5.02 Å². The van der Waals surface area contributed by atoms with Crippen LogP contribution in [0.1, 0.15) is 43.2 Å². The number of nitrogens with zero attached hydrogens (tertiary/aromatic N) is 1. The van der Waals surface area contributed by atoms with Gasteiger partial charge in [-0.3, -0.25) is 0 Å². The van der Waals surface area contributed by atoms with Gasteiger partial charge in [-0.25, -0.2) is 0 Å². The van der Waals surface area contributed by atoms with Crippen LogP contribution in [0.5, 0.6) is 5.75 Å². The Labute approximate surface area is 120 Å². The van der Waals surface area contributed by atoms with Crippen LogP contribution in [0.3, 0.4) is 0 Å². The minimum absolute atomic E-state index is 0.238. The molecule has 1 aromatic rings. The molecule has 0 saturated heterocycles. The predicted octanol–water partition coefficient (Wildman–Crippen LogP) is 3.81. The van der Waals surface area contributed by atoms with Crippen LogP contribution < -0.4 is 0 Å². The lowest BCUT2D eigenvalue weighted by Gasteiger charge is -2.39. The molecule has 19 heavy (non-hydrogen) atoms. The smallest absolute Gasteiger partial charge is 0.134 e. The minimum atomic E-state index is 0.238. The van der Waals surface area contributed by atoms with Gasteiger partial charge in [0.1, 0.15) is 5.75 Å². The molecule has 3 rings (SSSR count). The zero-order valence-electron chi connectivity index (χ0n) is 11.7. The van der Waals surface area contributed by atoms with Crippen LogP contribution >= 0.6 is 11.6 Å². The van der Waals surface area contributed by atoms with Crippen molar-refractivity contribution >= 4 is 11.6 Å². The lowest BCUT2D eigenvalue weighted by molar-refractivity contribution is 0.153. The summed E-state index contributed by atoms with van der Waals surface area (Å²) in [5.74, 6) is 1.56. The molecule has 3 unspecified atom stereocenters. The standard InChI is InChI=1S/C16H22ClNO/c1-10-3-4-15-13(7-10)12-9-16(19)14(17)8-11(12)5-6-18(15)2/h8-10,13,15,19H,3-7H2,1-2H3. The van der Waals surface area contributed by atoms with E-state index in [0.717, 1.165) is 18.9 Å². The van der Waals surface area contributed by atoms with Crippen molar-refractivity contribution in [2.45, 2.75) is 44.6 Å². The number of phenols is 1. The third-order valence-electron chi connectivity index (χ3n) is 4.98. The highest BCUT2D eigenvalue weighted by Crippen LogP contribution is 2.43. The first-order chi connectivity index (χ1) is 9.06. The van der Waals surface area contributed by atoms with E-state index < -0.39 is 0 Å². The molecule has 1 heterocycles. The van der Waals surface area contributed by atoms with E-state index in [2.05, 4.69) is 18.9 Å². The molecular formula is C16H22ClNO. The summed E-state index contributed by atoms with van der Waals surface area (Å²) in [5.41, 5.74) is 2.67. The highest BCUT2D eigenvalue weighted by molar-refractivity contribution is 6.32. The maximum Gasteiger partial charge on any atom is 0.134 e. The van der Waals surface area contributed by atoms with E-state index in [4.69, 9.17) is 11.6 Å². The van der Waals surface area contributed by atoms with Crippen molar-refractivity contribution in [2.75, 3.05) is 13.6 Å². The van der Waals surface area contributed by atoms with E-state index >= 15 is 0 Å². The lowest BCUT2D eigenvalue weighted by atomic mass is 9.74. The lowest BCUT2D eigenvalue weighted by Crippen LogP contribution is -2.39. The Balaban J connectivity index is 2.06. The van der Waals surface area contributed by atoms with Gasteiger partial charge in [0.05, 0.1) is 5.02 Å². The number of phenolic OH excluding ortho intramolecular Hbond substituents is 1. The predicted molar refractivity (Wildman–Crippen MR) is 79.0 cm³/mol. The van der Waals surface area contributed by atoms with Gasteiger partial charge >= 0.3 is 0 Å². The molecule has 2 aliphatic rings. The van der Waals surface area contributed by atoms with Crippen molar-refractivity contribution < 1.29 is 5.11 Å². The summed E-state index contributed by atoms with van der Waals surface area (Å²) < 4.78 is 0. The van der Waals surface area contributed by atoms with Crippen molar-refractivity contribution in [3.8, 4) is 5.75 Å². The molecule has 1 aromatic carbocycles. The zero-order valence-corrected chi connectivity index (χ0v) is 12.5. The fraction of sp³-hybridized carbons (Fsp3) is 0.625. The van der Waals surface area contributed by atoms with E-state index in [1.165, 1.54) is 30.4 Å². The first-order valence-electron chi connectivity index (χ1n) is 7.27. The van der Waals surface area contributed by atoms with Gasteiger partial charge in [0.2, 0.25) is 0 Å². The van der Waals surface area contributed by atoms with Gasteiger partial charge in [-0.2, -0.15) is 0 Å². The third kappa shape index (κ3) is 2.36. The van der Waals surface area contributed by atoms with Gasteiger partial charge in [0, 0.05) is 18.5 Å². The van der Waals surface area contributed by atoms with Crippen molar-refractivity contribution in [2.24, 2.45) is 5.92 Å². The summed E-state index contributed by atoms with van der Waals surface area (Å²) in [6, 6.07) is 4.52.